The van der Waals surface area contributed by atoms with E-state index in [1.807, 2.05) is 60.2 Å². The van der Waals surface area contributed by atoms with Crippen LogP contribution in [0.4, 0.5) is 0 Å². The number of aldehydes is 1. The maximum atomic E-state index is 10.7. The Morgan fingerprint density at radius 3 is 2.43 bits per heavy atom. The Hall–Kier alpha value is -2.33. The fourth-order valence-electron chi connectivity index (χ4n) is 2.34. The van der Waals surface area contributed by atoms with Gasteiger partial charge in [0.2, 0.25) is 0 Å². The summed E-state index contributed by atoms with van der Waals surface area (Å²) in [5, 5.41) is 0. The molecule has 0 amide bonds. The van der Waals surface area contributed by atoms with E-state index in [2.05, 4.69) is 4.57 Å². The van der Waals surface area contributed by atoms with Crippen molar-refractivity contribution in [3.63, 3.8) is 0 Å². The zero-order chi connectivity index (χ0) is 14.1. The number of rotatable bonds is 3. The first-order valence-electron chi connectivity index (χ1n) is 6.33. The number of halogens is 1. The summed E-state index contributed by atoms with van der Waals surface area (Å²) in [6.45, 7) is 0. The van der Waals surface area contributed by atoms with Gasteiger partial charge in [0.15, 0.2) is 11.4 Å². The van der Waals surface area contributed by atoms with Crippen LogP contribution in [0.15, 0.2) is 48.8 Å². The van der Waals surface area contributed by atoms with E-state index in [4.69, 9.17) is 4.74 Å². The first-order valence-corrected chi connectivity index (χ1v) is 6.33. The van der Waals surface area contributed by atoms with Crippen molar-refractivity contribution in [3.8, 4) is 17.0 Å². The molecule has 0 atom stereocenters. The third kappa shape index (κ3) is 2.62. The molecule has 0 radical (unpaired) electrons. The van der Waals surface area contributed by atoms with E-state index >= 15 is 0 Å². The highest BCUT2D eigenvalue weighted by molar-refractivity contribution is 5.76. The third-order valence-corrected chi connectivity index (χ3v) is 3.47. The minimum atomic E-state index is 0. The second kappa shape index (κ2) is 5.97. The van der Waals surface area contributed by atoms with Crippen molar-refractivity contribution in [2.75, 3.05) is 7.11 Å². The van der Waals surface area contributed by atoms with Gasteiger partial charge in [-0.25, -0.2) is 4.57 Å². The molecule has 1 aromatic carbocycles. The van der Waals surface area contributed by atoms with E-state index in [0.717, 1.165) is 28.9 Å². The molecule has 3 aromatic rings. The van der Waals surface area contributed by atoms with Crippen molar-refractivity contribution in [2.45, 2.75) is 0 Å². The lowest BCUT2D eigenvalue weighted by atomic mass is 10.1. The van der Waals surface area contributed by atoms with Gasteiger partial charge in [-0.1, -0.05) is 12.1 Å². The summed E-state index contributed by atoms with van der Waals surface area (Å²) >= 11 is 0. The van der Waals surface area contributed by atoms with Gasteiger partial charge in [0.1, 0.15) is 18.7 Å². The lowest BCUT2D eigenvalue weighted by Gasteiger charge is -1.98. The van der Waals surface area contributed by atoms with Gasteiger partial charge in [0.05, 0.1) is 14.2 Å². The molecule has 0 aliphatic carbocycles. The number of pyridine rings is 1. The molecule has 2 heterocycles. The third-order valence-electron chi connectivity index (χ3n) is 3.47. The number of carbonyl (C=O) groups is 1. The average molecular weight is 303 g/mol. The monoisotopic (exact) mass is 302 g/mol. The number of imidazole rings is 1. The van der Waals surface area contributed by atoms with Gasteiger partial charge in [-0.3, -0.25) is 4.79 Å². The van der Waals surface area contributed by atoms with Crippen LogP contribution in [-0.4, -0.2) is 18.0 Å². The van der Waals surface area contributed by atoms with Crippen LogP contribution < -0.4 is 21.5 Å². The second-order valence-corrected chi connectivity index (χ2v) is 4.65. The number of aryl methyl sites for hydroxylation is 1. The maximum Gasteiger partial charge on any atom is 0.286 e. The maximum absolute atomic E-state index is 10.7. The number of aromatic nitrogens is 2. The van der Waals surface area contributed by atoms with Crippen LogP contribution in [0.1, 0.15) is 10.4 Å². The zero-order valence-electron chi connectivity index (χ0n) is 11.8. The molecule has 21 heavy (non-hydrogen) atoms. The summed E-state index contributed by atoms with van der Waals surface area (Å²) in [5.74, 6) is 0.816. The topological polar surface area (TPSA) is 35.3 Å². The second-order valence-electron chi connectivity index (χ2n) is 4.65. The van der Waals surface area contributed by atoms with Crippen LogP contribution in [0.5, 0.6) is 5.75 Å². The van der Waals surface area contributed by atoms with Gasteiger partial charge in [0.25, 0.3) is 5.65 Å². The van der Waals surface area contributed by atoms with Crippen LogP contribution in [-0.2, 0) is 7.05 Å². The van der Waals surface area contributed by atoms with E-state index in [1.54, 1.807) is 7.11 Å². The average Bonchev–Trinajstić information content (AvgIpc) is 2.84. The molecule has 3 rings (SSSR count). The molecule has 0 aliphatic heterocycles. The van der Waals surface area contributed by atoms with Crippen molar-refractivity contribution in [1.82, 2.24) is 4.57 Å². The van der Waals surface area contributed by atoms with Gasteiger partial charge in [-0.05, 0) is 18.2 Å². The summed E-state index contributed by atoms with van der Waals surface area (Å²) in [6, 6.07) is 11.5. The van der Waals surface area contributed by atoms with Crippen LogP contribution in [0.2, 0.25) is 0 Å². The summed E-state index contributed by atoms with van der Waals surface area (Å²) < 4.78 is 9.37. The normalized spacial score (nSPS) is 10.2. The fraction of sp³-hybridized carbons (Fsp3) is 0.125. The number of ether oxygens (including phenoxy) is 1. The van der Waals surface area contributed by atoms with Crippen molar-refractivity contribution in [3.05, 3.63) is 54.4 Å². The van der Waals surface area contributed by atoms with E-state index in [1.165, 1.54) is 0 Å². The number of methoxy groups -OCH3 is 1. The van der Waals surface area contributed by atoms with Crippen molar-refractivity contribution < 1.29 is 26.3 Å². The fourth-order valence-corrected chi connectivity index (χ4v) is 2.34. The van der Waals surface area contributed by atoms with Crippen molar-refractivity contribution >= 4 is 11.9 Å². The molecule has 5 heteroatoms. The highest BCUT2D eigenvalue weighted by Gasteiger charge is 2.16. The van der Waals surface area contributed by atoms with Crippen LogP contribution in [0, 0.1) is 0 Å². The molecule has 0 aliphatic rings. The van der Waals surface area contributed by atoms with Gasteiger partial charge in [-0.15, -0.1) is 0 Å². The summed E-state index contributed by atoms with van der Waals surface area (Å²) in [5.41, 5.74) is 3.90. The SMILES string of the molecule is COc1ccc2n(C)c(-c3ccc(C=O)cc3)c[n+]2c1.[Cl-]. The van der Waals surface area contributed by atoms with Gasteiger partial charge < -0.3 is 17.1 Å². The first-order chi connectivity index (χ1) is 9.72. The van der Waals surface area contributed by atoms with Crippen molar-refractivity contribution in [1.29, 1.82) is 0 Å². The highest BCUT2D eigenvalue weighted by atomic mass is 35.5. The Labute approximate surface area is 129 Å². The van der Waals surface area contributed by atoms with Gasteiger partial charge >= 0.3 is 0 Å². The Morgan fingerprint density at radius 2 is 1.81 bits per heavy atom. The molecular formula is C16H15ClN2O2. The quantitative estimate of drug-likeness (QED) is 0.472. The molecule has 4 nitrogen and oxygen atoms in total. The van der Waals surface area contributed by atoms with E-state index in [0.29, 0.717) is 5.56 Å². The minimum absolute atomic E-state index is 0. The van der Waals surface area contributed by atoms with Crippen LogP contribution >= 0.6 is 0 Å². The van der Waals surface area contributed by atoms with Crippen LogP contribution in [0.3, 0.4) is 0 Å². The minimum Gasteiger partial charge on any atom is -1.00 e. The Kier molecular flexibility index (Phi) is 4.29. The lowest BCUT2D eigenvalue weighted by molar-refractivity contribution is -0.510. The van der Waals surface area contributed by atoms with Gasteiger partial charge in [-0.2, -0.15) is 4.40 Å². The predicted molar refractivity (Wildman–Crippen MR) is 75.9 cm³/mol. The number of carbonyl (C=O) groups excluding carboxylic acids is 1. The Balaban J connectivity index is 0.00000161. The zero-order valence-corrected chi connectivity index (χ0v) is 12.5. The molecule has 0 spiro atoms. The smallest absolute Gasteiger partial charge is 0.286 e. The number of fused-ring (bicyclic) bond motifs is 1. The van der Waals surface area contributed by atoms with Crippen LogP contribution in [0.25, 0.3) is 16.9 Å². The standard InChI is InChI=1S/C16H15N2O2.ClH/c1-17-15(13-5-3-12(11-19)4-6-13)10-18-9-14(20-2)7-8-16(17)18;/h3-11H,1-2H3;1H/q+1;/p-1. The number of hydrogen-bond acceptors (Lipinski definition) is 2. The molecule has 0 bridgehead atoms. The molecular weight excluding hydrogens is 288 g/mol. The Bertz CT molecular complexity index is 779. The van der Waals surface area contributed by atoms with Gasteiger partial charge in [0, 0.05) is 17.2 Å². The number of benzene rings is 1. The predicted octanol–water partition coefficient (Wildman–Crippen LogP) is -0.744. The lowest BCUT2D eigenvalue weighted by Crippen LogP contribution is -3.00. The Morgan fingerprint density at radius 1 is 1.10 bits per heavy atom. The largest absolute Gasteiger partial charge is 1.00 e. The molecule has 0 saturated heterocycles. The molecule has 0 fully saturated rings. The first kappa shape index (κ1) is 15.1. The van der Waals surface area contributed by atoms with E-state index < -0.39 is 0 Å². The summed E-state index contributed by atoms with van der Waals surface area (Å²) in [6.07, 6.45) is 4.84. The molecule has 108 valence electrons. The van der Waals surface area contributed by atoms with E-state index in [-0.39, 0.29) is 12.4 Å². The van der Waals surface area contributed by atoms with Crippen molar-refractivity contribution in [2.24, 2.45) is 7.05 Å². The molecule has 2 aromatic heterocycles. The highest BCUT2D eigenvalue weighted by Crippen LogP contribution is 2.20. The van der Waals surface area contributed by atoms with E-state index in [9.17, 15) is 4.79 Å². The molecule has 0 saturated carbocycles. The number of nitrogens with zero attached hydrogens (tertiary/aromatic N) is 2. The molecule has 0 unspecified atom stereocenters. The summed E-state index contributed by atoms with van der Waals surface area (Å²) in [4.78, 5) is 10.7. The molecule has 0 N–H and O–H groups in total. The number of hydrogen-bond donors (Lipinski definition) is 0. The summed E-state index contributed by atoms with van der Waals surface area (Å²) in [7, 11) is 3.68.